The summed E-state index contributed by atoms with van der Waals surface area (Å²) in [6.45, 7) is 1.68. The van der Waals surface area contributed by atoms with Crippen molar-refractivity contribution in [2.75, 3.05) is 0 Å². The highest BCUT2D eigenvalue weighted by Crippen LogP contribution is 2.44. The van der Waals surface area contributed by atoms with Crippen molar-refractivity contribution in [3.8, 4) is 0 Å². The molecule has 2 fully saturated rings. The molecule has 1 N–H and O–H groups in total. The van der Waals surface area contributed by atoms with Crippen molar-refractivity contribution in [3.05, 3.63) is 39.4 Å². The fraction of sp³-hybridized carbons (Fsp3) is 0.533. The van der Waals surface area contributed by atoms with Gasteiger partial charge in [0.15, 0.2) is 0 Å². The van der Waals surface area contributed by atoms with Crippen LogP contribution in [0.4, 0.5) is 5.69 Å². The van der Waals surface area contributed by atoms with Crippen LogP contribution >= 0.6 is 0 Å². The summed E-state index contributed by atoms with van der Waals surface area (Å²) in [5, 5.41) is 14.0. The molecule has 2 saturated carbocycles. The zero-order valence-electron chi connectivity index (χ0n) is 11.5. The summed E-state index contributed by atoms with van der Waals surface area (Å²) in [6, 6.07) is 4.91. The van der Waals surface area contributed by atoms with Crippen LogP contribution in [0.2, 0.25) is 0 Å². The summed E-state index contributed by atoms with van der Waals surface area (Å²) >= 11 is 0. The van der Waals surface area contributed by atoms with E-state index in [0.717, 1.165) is 12.3 Å². The molecule has 0 heterocycles. The van der Waals surface area contributed by atoms with Gasteiger partial charge in [0.2, 0.25) is 0 Å². The monoisotopic (exact) mass is 274 g/mol. The predicted octanol–water partition coefficient (Wildman–Crippen LogP) is 2.82. The van der Waals surface area contributed by atoms with Crippen LogP contribution in [0.25, 0.3) is 0 Å². The van der Waals surface area contributed by atoms with Gasteiger partial charge in [-0.3, -0.25) is 14.9 Å². The van der Waals surface area contributed by atoms with Crippen molar-refractivity contribution in [2.24, 2.45) is 11.8 Å². The molecule has 0 aromatic heterocycles. The highest BCUT2D eigenvalue weighted by Gasteiger charge is 2.40. The van der Waals surface area contributed by atoms with Crippen molar-refractivity contribution in [3.63, 3.8) is 0 Å². The maximum atomic E-state index is 12.2. The number of fused-ring (bicyclic) bond motifs is 2. The van der Waals surface area contributed by atoms with Gasteiger partial charge in [0.05, 0.1) is 4.92 Å². The van der Waals surface area contributed by atoms with Crippen molar-refractivity contribution < 1.29 is 9.72 Å². The molecule has 0 aliphatic heterocycles. The molecule has 106 valence electrons. The smallest absolute Gasteiger partial charge is 0.273 e. The number of carbonyl (C=O) groups excluding carboxylic acids is 1. The lowest BCUT2D eigenvalue weighted by molar-refractivity contribution is -0.385. The maximum Gasteiger partial charge on any atom is 0.273 e. The number of rotatable bonds is 3. The molecule has 2 aliphatic rings. The van der Waals surface area contributed by atoms with E-state index in [1.54, 1.807) is 19.1 Å². The molecule has 1 aromatic carbocycles. The molecule has 0 unspecified atom stereocenters. The second-order valence-electron chi connectivity index (χ2n) is 6.01. The zero-order chi connectivity index (χ0) is 14.3. The van der Waals surface area contributed by atoms with Crippen LogP contribution in [-0.2, 0) is 0 Å². The summed E-state index contributed by atoms with van der Waals surface area (Å²) in [5.41, 5.74) is 0.960. The second-order valence-corrected chi connectivity index (χ2v) is 6.01. The van der Waals surface area contributed by atoms with Gasteiger partial charge in [-0.05, 0) is 44.1 Å². The summed E-state index contributed by atoms with van der Waals surface area (Å²) in [6.07, 6.45) is 4.76. The average Bonchev–Trinajstić information content (AvgIpc) is 3.01. The Labute approximate surface area is 117 Å². The Morgan fingerprint density at radius 2 is 2.15 bits per heavy atom. The predicted molar refractivity (Wildman–Crippen MR) is 74.5 cm³/mol. The summed E-state index contributed by atoms with van der Waals surface area (Å²) < 4.78 is 0. The van der Waals surface area contributed by atoms with Gasteiger partial charge >= 0.3 is 0 Å². The Bertz CT molecular complexity index is 570. The van der Waals surface area contributed by atoms with Gasteiger partial charge in [-0.15, -0.1) is 0 Å². The topological polar surface area (TPSA) is 72.2 Å². The molecular formula is C15H18N2O3. The fourth-order valence-electron chi connectivity index (χ4n) is 3.62. The minimum atomic E-state index is -0.441. The molecule has 5 heteroatoms. The van der Waals surface area contributed by atoms with Gasteiger partial charge in [-0.2, -0.15) is 0 Å². The SMILES string of the molecule is Cc1ccc(C(=O)N[C@H]2C[C@H]3CC[C@@H]2C3)cc1[N+](=O)[O-]. The molecule has 1 aromatic rings. The molecule has 3 atom stereocenters. The standard InChI is InChI=1S/C15H18N2O3/c1-9-2-4-12(8-14(9)17(19)20)15(18)16-13-7-10-3-5-11(13)6-10/h2,4,8,10-11,13H,3,5-7H2,1H3,(H,16,18)/t10-,11+,13-/m0/s1. The summed E-state index contributed by atoms with van der Waals surface area (Å²) in [7, 11) is 0. The van der Waals surface area contributed by atoms with Crippen LogP contribution in [0.15, 0.2) is 18.2 Å². The van der Waals surface area contributed by atoms with E-state index in [1.807, 2.05) is 0 Å². The number of nitro groups is 1. The van der Waals surface area contributed by atoms with E-state index in [-0.39, 0.29) is 17.6 Å². The first-order valence-electron chi connectivity index (χ1n) is 7.10. The van der Waals surface area contributed by atoms with Gasteiger partial charge in [0.1, 0.15) is 0 Å². The molecule has 5 nitrogen and oxygen atoms in total. The van der Waals surface area contributed by atoms with Crippen molar-refractivity contribution >= 4 is 11.6 Å². The average molecular weight is 274 g/mol. The number of carbonyl (C=O) groups is 1. The van der Waals surface area contributed by atoms with Crippen LogP contribution in [0, 0.1) is 28.9 Å². The molecule has 2 bridgehead atoms. The van der Waals surface area contributed by atoms with Gasteiger partial charge in [0.25, 0.3) is 11.6 Å². The van der Waals surface area contributed by atoms with Crippen LogP contribution in [0.5, 0.6) is 0 Å². The minimum Gasteiger partial charge on any atom is -0.349 e. The number of nitro benzene ring substituents is 1. The number of aryl methyl sites for hydroxylation is 1. The third-order valence-corrected chi connectivity index (χ3v) is 4.72. The Kier molecular flexibility index (Phi) is 3.20. The van der Waals surface area contributed by atoms with E-state index in [1.165, 1.54) is 25.3 Å². The lowest BCUT2D eigenvalue weighted by atomic mass is 9.95. The van der Waals surface area contributed by atoms with E-state index in [4.69, 9.17) is 0 Å². The van der Waals surface area contributed by atoms with Crippen LogP contribution in [0.3, 0.4) is 0 Å². The van der Waals surface area contributed by atoms with Crippen LogP contribution in [-0.4, -0.2) is 16.9 Å². The van der Waals surface area contributed by atoms with Crippen molar-refractivity contribution in [1.29, 1.82) is 0 Å². The minimum absolute atomic E-state index is 0.00518. The molecule has 3 rings (SSSR count). The first-order chi connectivity index (χ1) is 9.54. The number of amides is 1. The highest BCUT2D eigenvalue weighted by atomic mass is 16.6. The van der Waals surface area contributed by atoms with Gasteiger partial charge < -0.3 is 5.32 Å². The Morgan fingerprint density at radius 1 is 1.35 bits per heavy atom. The molecule has 0 radical (unpaired) electrons. The summed E-state index contributed by atoms with van der Waals surface area (Å²) in [4.78, 5) is 22.7. The van der Waals surface area contributed by atoms with Crippen molar-refractivity contribution in [1.82, 2.24) is 5.32 Å². The number of hydrogen-bond donors (Lipinski definition) is 1. The number of nitrogens with zero attached hydrogens (tertiary/aromatic N) is 1. The van der Waals surface area contributed by atoms with E-state index in [0.29, 0.717) is 17.0 Å². The van der Waals surface area contributed by atoms with Gasteiger partial charge in [-0.25, -0.2) is 0 Å². The second kappa shape index (κ2) is 4.89. The molecular weight excluding hydrogens is 256 g/mol. The third-order valence-electron chi connectivity index (χ3n) is 4.72. The number of benzene rings is 1. The largest absolute Gasteiger partial charge is 0.349 e. The Hall–Kier alpha value is -1.91. The third kappa shape index (κ3) is 2.28. The molecule has 20 heavy (non-hydrogen) atoms. The van der Waals surface area contributed by atoms with Crippen LogP contribution in [0.1, 0.15) is 41.6 Å². The zero-order valence-corrected chi connectivity index (χ0v) is 11.5. The lowest BCUT2D eigenvalue weighted by Gasteiger charge is -2.22. The quantitative estimate of drug-likeness (QED) is 0.680. The Balaban J connectivity index is 1.74. The van der Waals surface area contributed by atoms with Gasteiger partial charge in [0, 0.05) is 23.2 Å². The van der Waals surface area contributed by atoms with Gasteiger partial charge in [-0.1, -0.05) is 12.5 Å². The van der Waals surface area contributed by atoms with E-state index >= 15 is 0 Å². The number of hydrogen-bond acceptors (Lipinski definition) is 3. The normalized spacial score (nSPS) is 27.6. The van der Waals surface area contributed by atoms with Crippen LogP contribution < -0.4 is 5.32 Å². The highest BCUT2D eigenvalue weighted by molar-refractivity contribution is 5.95. The van der Waals surface area contributed by atoms with E-state index in [9.17, 15) is 14.9 Å². The fourth-order valence-corrected chi connectivity index (χ4v) is 3.62. The first kappa shape index (κ1) is 13.1. The molecule has 0 spiro atoms. The molecule has 0 saturated heterocycles. The number of nitrogens with one attached hydrogen (secondary N) is 1. The maximum absolute atomic E-state index is 12.2. The Morgan fingerprint density at radius 3 is 2.75 bits per heavy atom. The summed E-state index contributed by atoms with van der Waals surface area (Å²) in [5.74, 6) is 1.17. The van der Waals surface area contributed by atoms with E-state index in [2.05, 4.69) is 5.32 Å². The van der Waals surface area contributed by atoms with Crippen molar-refractivity contribution in [2.45, 2.75) is 38.6 Å². The molecule has 2 aliphatic carbocycles. The lowest BCUT2D eigenvalue weighted by Crippen LogP contribution is -2.38. The first-order valence-corrected chi connectivity index (χ1v) is 7.10. The van der Waals surface area contributed by atoms with E-state index < -0.39 is 4.92 Å². The molecule has 1 amide bonds.